The van der Waals surface area contributed by atoms with E-state index in [9.17, 15) is 9.59 Å². The molecule has 1 aromatic rings. The van der Waals surface area contributed by atoms with E-state index in [1.807, 2.05) is 31.2 Å². The molecule has 1 fully saturated rings. The lowest BCUT2D eigenvalue weighted by molar-refractivity contribution is -0.124. The van der Waals surface area contributed by atoms with Crippen LogP contribution in [-0.4, -0.2) is 37.7 Å². The maximum absolute atomic E-state index is 12.0. The number of carbonyl (C=O) groups excluding carboxylic acids is 2. The Bertz CT molecular complexity index is 553. The SMILES string of the molecule is COC(CN)CC(=O)NC(C)c1ccc(NC(=O)NC2CC2)cc1. The molecule has 2 unspecified atom stereocenters. The lowest BCUT2D eigenvalue weighted by Crippen LogP contribution is -2.33. The van der Waals surface area contributed by atoms with Crippen LogP contribution < -0.4 is 21.7 Å². The van der Waals surface area contributed by atoms with Crippen molar-refractivity contribution >= 4 is 17.6 Å². The van der Waals surface area contributed by atoms with Crippen LogP contribution in [0.5, 0.6) is 0 Å². The Kier molecular flexibility index (Phi) is 6.57. The first-order valence-electron chi connectivity index (χ1n) is 8.21. The van der Waals surface area contributed by atoms with E-state index in [0.717, 1.165) is 24.1 Å². The summed E-state index contributed by atoms with van der Waals surface area (Å²) in [5.41, 5.74) is 7.20. The molecule has 0 aromatic heterocycles. The Morgan fingerprint density at radius 1 is 1.29 bits per heavy atom. The highest BCUT2D eigenvalue weighted by Gasteiger charge is 2.23. The van der Waals surface area contributed by atoms with E-state index >= 15 is 0 Å². The van der Waals surface area contributed by atoms with Crippen LogP contribution in [0.3, 0.4) is 0 Å². The van der Waals surface area contributed by atoms with Crippen LogP contribution in [0, 0.1) is 0 Å². The molecule has 1 aromatic carbocycles. The van der Waals surface area contributed by atoms with Crippen molar-refractivity contribution in [3.05, 3.63) is 29.8 Å². The molecule has 2 rings (SSSR count). The average molecular weight is 334 g/mol. The predicted octanol–water partition coefficient (Wildman–Crippen LogP) is 1.51. The van der Waals surface area contributed by atoms with Gasteiger partial charge in [0.25, 0.3) is 0 Å². The highest BCUT2D eigenvalue weighted by atomic mass is 16.5. The fourth-order valence-corrected chi connectivity index (χ4v) is 2.29. The van der Waals surface area contributed by atoms with Gasteiger partial charge in [-0.05, 0) is 37.5 Å². The number of nitrogens with one attached hydrogen (secondary N) is 3. The summed E-state index contributed by atoms with van der Waals surface area (Å²) >= 11 is 0. The number of nitrogens with two attached hydrogens (primary N) is 1. The minimum absolute atomic E-state index is 0.106. The standard InChI is InChI=1S/C17H26N4O3/c1-11(19-16(22)9-15(10-18)24-2)12-3-5-13(6-4-12)20-17(23)21-14-7-8-14/h3-6,11,14-15H,7-10,18H2,1-2H3,(H,19,22)(H2,20,21,23). The number of urea groups is 1. The van der Waals surface area contributed by atoms with Crippen LogP contribution in [0.1, 0.15) is 37.8 Å². The summed E-state index contributed by atoms with van der Waals surface area (Å²) < 4.78 is 5.11. The predicted molar refractivity (Wildman–Crippen MR) is 92.6 cm³/mol. The third-order valence-corrected chi connectivity index (χ3v) is 3.97. The second-order valence-electron chi connectivity index (χ2n) is 6.08. The van der Waals surface area contributed by atoms with Gasteiger partial charge < -0.3 is 26.4 Å². The van der Waals surface area contributed by atoms with Crippen molar-refractivity contribution in [1.29, 1.82) is 0 Å². The third kappa shape index (κ3) is 5.82. The van der Waals surface area contributed by atoms with Gasteiger partial charge in [-0.1, -0.05) is 12.1 Å². The molecular formula is C17H26N4O3. The van der Waals surface area contributed by atoms with Crippen LogP contribution in [0.25, 0.3) is 0 Å². The van der Waals surface area contributed by atoms with Crippen LogP contribution in [0.2, 0.25) is 0 Å². The molecule has 0 aliphatic heterocycles. The first-order valence-corrected chi connectivity index (χ1v) is 8.21. The van der Waals surface area contributed by atoms with Crippen molar-refractivity contribution in [2.45, 2.75) is 44.4 Å². The largest absolute Gasteiger partial charge is 0.380 e. The summed E-state index contributed by atoms with van der Waals surface area (Å²) in [7, 11) is 1.54. The second kappa shape index (κ2) is 8.65. The second-order valence-corrected chi connectivity index (χ2v) is 6.08. The lowest BCUT2D eigenvalue weighted by atomic mass is 10.1. The number of hydrogen-bond acceptors (Lipinski definition) is 4. The fourth-order valence-electron chi connectivity index (χ4n) is 2.29. The van der Waals surface area contributed by atoms with E-state index in [2.05, 4.69) is 16.0 Å². The molecule has 5 N–H and O–H groups in total. The van der Waals surface area contributed by atoms with Gasteiger partial charge in [-0.2, -0.15) is 0 Å². The van der Waals surface area contributed by atoms with Crippen molar-refractivity contribution in [2.24, 2.45) is 5.73 Å². The highest BCUT2D eigenvalue weighted by molar-refractivity contribution is 5.89. The molecule has 3 amide bonds. The van der Waals surface area contributed by atoms with Crippen LogP contribution >= 0.6 is 0 Å². The van der Waals surface area contributed by atoms with E-state index in [0.29, 0.717) is 12.6 Å². The zero-order chi connectivity index (χ0) is 17.5. The molecule has 0 radical (unpaired) electrons. The molecule has 7 nitrogen and oxygen atoms in total. The Morgan fingerprint density at radius 2 is 1.96 bits per heavy atom. The average Bonchev–Trinajstić information content (AvgIpc) is 3.36. The maximum atomic E-state index is 12.0. The quantitative estimate of drug-likeness (QED) is 0.578. The molecule has 0 heterocycles. The third-order valence-electron chi connectivity index (χ3n) is 3.97. The summed E-state index contributed by atoms with van der Waals surface area (Å²) in [6.45, 7) is 2.21. The topological polar surface area (TPSA) is 105 Å². The molecule has 1 aliphatic rings. The van der Waals surface area contributed by atoms with Gasteiger partial charge >= 0.3 is 6.03 Å². The van der Waals surface area contributed by atoms with Gasteiger partial charge in [-0.25, -0.2) is 4.79 Å². The molecule has 0 bridgehead atoms. The van der Waals surface area contributed by atoms with E-state index in [1.54, 1.807) is 7.11 Å². The van der Waals surface area contributed by atoms with E-state index in [4.69, 9.17) is 10.5 Å². The molecule has 132 valence electrons. The zero-order valence-electron chi connectivity index (χ0n) is 14.2. The summed E-state index contributed by atoms with van der Waals surface area (Å²) in [6, 6.07) is 7.41. The monoisotopic (exact) mass is 334 g/mol. The van der Waals surface area contributed by atoms with E-state index in [1.165, 1.54) is 0 Å². The molecule has 0 spiro atoms. The van der Waals surface area contributed by atoms with E-state index in [-0.39, 0.29) is 30.5 Å². The molecule has 2 atom stereocenters. The lowest BCUT2D eigenvalue weighted by Gasteiger charge is -2.17. The van der Waals surface area contributed by atoms with Crippen molar-refractivity contribution in [1.82, 2.24) is 10.6 Å². The number of methoxy groups -OCH3 is 1. The normalized spacial score (nSPS) is 16.1. The van der Waals surface area contributed by atoms with Crippen molar-refractivity contribution in [2.75, 3.05) is 19.0 Å². The summed E-state index contributed by atoms with van der Waals surface area (Å²) in [4.78, 5) is 23.6. The minimum atomic E-state index is -0.270. The van der Waals surface area contributed by atoms with Crippen molar-refractivity contribution in [3.63, 3.8) is 0 Å². The van der Waals surface area contributed by atoms with Gasteiger partial charge in [0.15, 0.2) is 0 Å². The number of hydrogen-bond donors (Lipinski definition) is 4. The summed E-state index contributed by atoms with van der Waals surface area (Å²) in [6.07, 6.45) is 2.07. The number of rotatable bonds is 8. The summed E-state index contributed by atoms with van der Waals surface area (Å²) in [5.74, 6) is -0.106. The Morgan fingerprint density at radius 3 is 2.50 bits per heavy atom. The number of anilines is 1. The Labute approximate surface area is 142 Å². The van der Waals surface area contributed by atoms with Gasteiger partial charge in [0.05, 0.1) is 18.6 Å². The molecule has 0 saturated heterocycles. The van der Waals surface area contributed by atoms with Gasteiger partial charge in [-0.15, -0.1) is 0 Å². The zero-order valence-corrected chi connectivity index (χ0v) is 14.2. The molecular weight excluding hydrogens is 308 g/mol. The molecule has 24 heavy (non-hydrogen) atoms. The van der Waals surface area contributed by atoms with Crippen LogP contribution in [-0.2, 0) is 9.53 Å². The minimum Gasteiger partial charge on any atom is -0.380 e. The number of benzene rings is 1. The molecule has 1 saturated carbocycles. The Balaban J connectivity index is 1.82. The maximum Gasteiger partial charge on any atom is 0.319 e. The smallest absolute Gasteiger partial charge is 0.319 e. The fraction of sp³-hybridized carbons (Fsp3) is 0.529. The number of ether oxygens (including phenoxy) is 1. The van der Waals surface area contributed by atoms with Crippen molar-refractivity contribution in [3.8, 4) is 0 Å². The van der Waals surface area contributed by atoms with Gasteiger partial charge in [0.2, 0.25) is 5.91 Å². The van der Waals surface area contributed by atoms with Crippen LogP contribution in [0.15, 0.2) is 24.3 Å². The Hall–Kier alpha value is -2.12. The highest BCUT2D eigenvalue weighted by Crippen LogP contribution is 2.19. The van der Waals surface area contributed by atoms with E-state index < -0.39 is 0 Å². The molecule has 7 heteroatoms. The van der Waals surface area contributed by atoms with Gasteiger partial charge in [0.1, 0.15) is 0 Å². The van der Waals surface area contributed by atoms with Crippen molar-refractivity contribution < 1.29 is 14.3 Å². The van der Waals surface area contributed by atoms with Crippen LogP contribution in [0.4, 0.5) is 10.5 Å². The summed E-state index contributed by atoms with van der Waals surface area (Å²) in [5, 5.41) is 8.58. The first-order chi connectivity index (χ1) is 11.5. The van der Waals surface area contributed by atoms with Gasteiger partial charge in [0, 0.05) is 25.4 Å². The first kappa shape index (κ1) is 18.2. The number of amides is 3. The number of carbonyl (C=O) groups is 2. The van der Waals surface area contributed by atoms with Gasteiger partial charge in [-0.3, -0.25) is 4.79 Å². The molecule has 1 aliphatic carbocycles.